The van der Waals surface area contributed by atoms with Crippen molar-refractivity contribution in [2.45, 2.75) is 6.18 Å². The number of urea groups is 1. The second-order valence-electron chi connectivity index (χ2n) is 8.21. The van der Waals surface area contributed by atoms with Crippen molar-refractivity contribution < 1.29 is 22.8 Å². The number of benzene rings is 2. The molecule has 0 saturated carbocycles. The Morgan fingerprint density at radius 2 is 1.50 bits per heavy atom. The molecule has 3 amide bonds. The molecule has 4 rings (SSSR count). The molecule has 36 heavy (non-hydrogen) atoms. The number of alkyl halides is 3. The van der Waals surface area contributed by atoms with E-state index >= 15 is 0 Å². The standard InChI is InChI=1S/C25H23ClF3N5O2/c1-32(20-8-10-30-11-9-20)19-5-2-17(3-6-19)23(35)33-12-14-34(15-13-33)24(36)31-22-7-4-18(26)16-21(22)25(27,28)29/h2-11,16H,12-15H2,1H3,(H,31,36). The highest BCUT2D eigenvalue weighted by Crippen LogP contribution is 2.36. The lowest BCUT2D eigenvalue weighted by Gasteiger charge is -2.35. The third kappa shape index (κ3) is 5.71. The Bertz CT molecular complexity index is 1230. The van der Waals surface area contributed by atoms with Crippen molar-refractivity contribution in [2.24, 2.45) is 0 Å². The zero-order chi connectivity index (χ0) is 25.9. The second kappa shape index (κ2) is 10.4. The minimum absolute atomic E-state index is 0.0792. The average Bonchev–Trinajstić information content (AvgIpc) is 2.89. The monoisotopic (exact) mass is 517 g/mol. The number of amides is 3. The molecule has 1 saturated heterocycles. The molecular weight excluding hydrogens is 495 g/mol. The fourth-order valence-electron chi connectivity index (χ4n) is 3.89. The van der Waals surface area contributed by atoms with Crippen LogP contribution < -0.4 is 10.2 Å². The zero-order valence-electron chi connectivity index (χ0n) is 19.3. The topological polar surface area (TPSA) is 68.8 Å². The molecule has 1 aliphatic rings. The first kappa shape index (κ1) is 25.3. The summed E-state index contributed by atoms with van der Waals surface area (Å²) in [6.07, 6.45) is -1.26. The summed E-state index contributed by atoms with van der Waals surface area (Å²) in [4.78, 5) is 34.5. The van der Waals surface area contributed by atoms with E-state index in [0.717, 1.165) is 23.5 Å². The molecule has 1 aromatic heterocycles. The van der Waals surface area contributed by atoms with Gasteiger partial charge in [0.25, 0.3) is 5.91 Å². The summed E-state index contributed by atoms with van der Waals surface area (Å²) in [6.45, 7) is 0.903. The van der Waals surface area contributed by atoms with E-state index in [1.54, 1.807) is 29.4 Å². The van der Waals surface area contributed by atoms with Crippen LogP contribution in [0, 0.1) is 0 Å². The maximum absolute atomic E-state index is 13.3. The number of hydrogen-bond acceptors (Lipinski definition) is 4. The lowest BCUT2D eigenvalue weighted by atomic mass is 10.1. The van der Waals surface area contributed by atoms with Gasteiger partial charge < -0.3 is 20.0 Å². The van der Waals surface area contributed by atoms with Crippen molar-refractivity contribution in [1.82, 2.24) is 14.8 Å². The van der Waals surface area contributed by atoms with E-state index in [0.29, 0.717) is 5.56 Å². The molecular formula is C25H23ClF3N5O2. The quantitative estimate of drug-likeness (QED) is 0.495. The van der Waals surface area contributed by atoms with Gasteiger partial charge in [0, 0.05) is 67.6 Å². The van der Waals surface area contributed by atoms with Gasteiger partial charge in [-0.1, -0.05) is 11.6 Å². The van der Waals surface area contributed by atoms with Crippen LogP contribution >= 0.6 is 11.6 Å². The lowest BCUT2D eigenvalue weighted by molar-refractivity contribution is -0.136. The van der Waals surface area contributed by atoms with Gasteiger partial charge >= 0.3 is 12.2 Å². The minimum Gasteiger partial charge on any atom is -0.345 e. The van der Waals surface area contributed by atoms with Crippen LogP contribution in [0.3, 0.4) is 0 Å². The molecule has 7 nitrogen and oxygen atoms in total. The summed E-state index contributed by atoms with van der Waals surface area (Å²) >= 11 is 5.69. The van der Waals surface area contributed by atoms with Crippen LogP contribution in [0.15, 0.2) is 67.0 Å². The van der Waals surface area contributed by atoms with Gasteiger partial charge in [0.15, 0.2) is 0 Å². The number of carbonyl (C=O) groups excluding carboxylic acids is 2. The normalized spacial score (nSPS) is 13.9. The number of piperazine rings is 1. The third-order valence-corrected chi connectivity index (χ3v) is 6.17. The predicted octanol–water partition coefficient (Wildman–Crippen LogP) is 5.51. The van der Waals surface area contributed by atoms with Gasteiger partial charge in [-0.05, 0) is 54.6 Å². The average molecular weight is 518 g/mol. The molecule has 0 unspecified atom stereocenters. The number of hydrogen-bond donors (Lipinski definition) is 1. The fourth-order valence-corrected chi connectivity index (χ4v) is 4.07. The summed E-state index contributed by atoms with van der Waals surface area (Å²) in [5.74, 6) is -0.176. The van der Waals surface area contributed by atoms with Crippen molar-refractivity contribution in [3.05, 3.63) is 83.1 Å². The Balaban J connectivity index is 1.35. The first-order chi connectivity index (χ1) is 17.1. The number of rotatable bonds is 4. The van der Waals surface area contributed by atoms with Gasteiger partial charge in [-0.3, -0.25) is 9.78 Å². The van der Waals surface area contributed by atoms with Crippen LogP contribution in [-0.2, 0) is 6.18 Å². The summed E-state index contributed by atoms with van der Waals surface area (Å²) in [7, 11) is 1.91. The smallest absolute Gasteiger partial charge is 0.345 e. The molecule has 0 aliphatic carbocycles. The van der Waals surface area contributed by atoms with Crippen molar-refractivity contribution in [2.75, 3.05) is 43.4 Å². The van der Waals surface area contributed by atoms with Crippen LogP contribution in [-0.4, -0.2) is 59.9 Å². The fraction of sp³-hybridized carbons (Fsp3) is 0.240. The minimum atomic E-state index is -4.67. The van der Waals surface area contributed by atoms with Crippen molar-refractivity contribution in [3.8, 4) is 0 Å². The first-order valence-electron chi connectivity index (χ1n) is 11.1. The van der Waals surface area contributed by atoms with Gasteiger partial charge in [-0.2, -0.15) is 13.2 Å². The molecule has 1 aliphatic heterocycles. The van der Waals surface area contributed by atoms with E-state index in [-0.39, 0.29) is 42.8 Å². The molecule has 188 valence electrons. The van der Waals surface area contributed by atoms with Crippen molar-refractivity contribution in [3.63, 3.8) is 0 Å². The van der Waals surface area contributed by atoms with Gasteiger partial charge in [0.2, 0.25) is 0 Å². The van der Waals surface area contributed by atoms with Crippen LogP contribution in [0.1, 0.15) is 15.9 Å². The number of carbonyl (C=O) groups is 2. The molecule has 0 bridgehead atoms. The molecule has 1 N–H and O–H groups in total. The Morgan fingerprint density at radius 1 is 0.917 bits per heavy atom. The highest BCUT2D eigenvalue weighted by molar-refractivity contribution is 6.30. The maximum atomic E-state index is 13.3. The lowest BCUT2D eigenvalue weighted by Crippen LogP contribution is -2.51. The van der Waals surface area contributed by atoms with E-state index in [2.05, 4.69) is 10.3 Å². The SMILES string of the molecule is CN(c1ccncc1)c1ccc(C(=O)N2CCN(C(=O)Nc3ccc(Cl)cc3C(F)(F)F)CC2)cc1. The summed E-state index contributed by atoms with van der Waals surface area (Å²) < 4.78 is 39.9. The van der Waals surface area contributed by atoms with Gasteiger partial charge in [0.1, 0.15) is 0 Å². The molecule has 11 heteroatoms. The molecule has 3 aromatic rings. The number of nitrogens with zero attached hydrogens (tertiary/aromatic N) is 4. The zero-order valence-corrected chi connectivity index (χ0v) is 20.1. The Kier molecular flexibility index (Phi) is 7.35. The highest BCUT2D eigenvalue weighted by atomic mass is 35.5. The van der Waals surface area contributed by atoms with Crippen LogP contribution in [0.2, 0.25) is 5.02 Å². The van der Waals surface area contributed by atoms with Gasteiger partial charge in [-0.15, -0.1) is 0 Å². The molecule has 0 radical (unpaired) electrons. The first-order valence-corrected chi connectivity index (χ1v) is 11.5. The van der Waals surface area contributed by atoms with Crippen LogP contribution in [0.25, 0.3) is 0 Å². The van der Waals surface area contributed by atoms with Crippen LogP contribution in [0.5, 0.6) is 0 Å². The number of nitrogens with one attached hydrogen (secondary N) is 1. The molecule has 0 atom stereocenters. The Morgan fingerprint density at radius 3 is 2.11 bits per heavy atom. The van der Waals surface area contributed by atoms with Crippen LogP contribution in [0.4, 0.5) is 35.0 Å². The Hall–Kier alpha value is -3.79. The van der Waals surface area contributed by atoms with E-state index in [9.17, 15) is 22.8 Å². The Labute approximate surface area is 211 Å². The molecule has 0 spiro atoms. The summed E-state index contributed by atoms with van der Waals surface area (Å²) in [5.41, 5.74) is 0.984. The van der Waals surface area contributed by atoms with Gasteiger partial charge in [-0.25, -0.2) is 4.79 Å². The van der Waals surface area contributed by atoms with E-state index in [4.69, 9.17) is 11.6 Å². The number of pyridine rings is 1. The predicted molar refractivity (Wildman–Crippen MR) is 132 cm³/mol. The maximum Gasteiger partial charge on any atom is 0.418 e. The summed E-state index contributed by atoms with van der Waals surface area (Å²) in [6, 6.07) is 13.5. The summed E-state index contributed by atoms with van der Waals surface area (Å²) in [5, 5.41) is 2.24. The van der Waals surface area contributed by atoms with E-state index in [1.807, 2.05) is 36.2 Å². The van der Waals surface area contributed by atoms with E-state index in [1.165, 1.54) is 11.0 Å². The number of halogens is 4. The number of aromatic nitrogens is 1. The third-order valence-electron chi connectivity index (χ3n) is 5.93. The molecule has 1 fully saturated rings. The molecule has 2 heterocycles. The largest absolute Gasteiger partial charge is 0.418 e. The number of anilines is 3. The van der Waals surface area contributed by atoms with Crippen molar-refractivity contribution >= 4 is 40.6 Å². The van der Waals surface area contributed by atoms with Gasteiger partial charge in [0.05, 0.1) is 11.3 Å². The van der Waals surface area contributed by atoms with E-state index < -0.39 is 17.8 Å². The second-order valence-corrected chi connectivity index (χ2v) is 8.64. The highest BCUT2D eigenvalue weighted by Gasteiger charge is 2.35. The molecule has 2 aromatic carbocycles. The van der Waals surface area contributed by atoms with Crippen molar-refractivity contribution in [1.29, 1.82) is 0 Å².